The van der Waals surface area contributed by atoms with Gasteiger partial charge in [-0.2, -0.15) is 0 Å². The molecule has 4 rings (SSSR count). The maximum Gasteiger partial charge on any atom is 0.420 e. The number of ether oxygens (including phenoxy) is 2. The largest absolute Gasteiger partial charge is 0.460 e. The lowest BCUT2D eigenvalue weighted by molar-refractivity contribution is -0.144. The van der Waals surface area contributed by atoms with Crippen molar-refractivity contribution in [3.05, 3.63) is 83.1 Å². The molecule has 0 unspecified atom stereocenters. The summed E-state index contributed by atoms with van der Waals surface area (Å²) in [4.78, 5) is 29.9. The number of hydrogen-bond donors (Lipinski definition) is 1. The number of rotatable bonds is 5. The third-order valence-corrected chi connectivity index (χ3v) is 5.55. The van der Waals surface area contributed by atoms with Crippen LogP contribution in [0.3, 0.4) is 0 Å². The number of nitrogens with zero attached hydrogens (tertiary/aromatic N) is 2. The number of benzene rings is 2. The predicted molar refractivity (Wildman–Crippen MR) is 136 cm³/mol. The Labute approximate surface area is 208 Å². The van der Waals surface area contributed by atoms with Crippen molar-refractivity contribution >= 4 is 40.4 Å². The molecule has 0 bridgehead atoms. The van der Waals surface area contributed by atoms with Gasteiger partial charge in [-0.25, -0.2) is 14.3 Å². The second-order valence-electron chi connectivity index (χ2n) is 9.16. The van der Waals surface area contributed by atoms with Crippen molar-refractivity contribution in [3.63, 3.8) is 0 Å². The zero-order valence-electron chi connectivity index (χ0n) is 19.7. The first-order valence-electron chi connectivity index (χ1n) is 11.1. The van der Waals surface area contributed by atoms with Crippen molar-refractivity contribution in [2.45, 2.75) is 39.4 Å². The van der Waals surface area contributed by atoms with Crippen LogP contribution in [0.2, 0.25) is 5.02 Å². The average Bonchev–Trinajstić information content (AvgIpc) is 3.16. The molecule has 2 heterocycles. The van der Waals surface area contributed by atoms with Crippen molar-refractivity contribution in [2.24, 2.45) is 0 Å². The standard InChI is InChI=1S/C27H26ClN3O4/c1-27(2,3)35-26(33)31-15-22(18-8-6-9-20(29)13-18)21-11-17(14-30-25(21)31)12-24(32)34-16-19-7-4-5-10-23(19)28/h4-11,13-15H,12,16,29H2,1-3H3. The highest BCUT2D eigenvalue weighted by Gasteiger charge is 2.22. The van der Waals surface area contributed by atoms with Crippen molar-refractivity contribution in [2.75, 3.05) is 5.73 Å². The van der Waals surface area contributed by atoms with E-state index >= 15 is 0 Å². The molecule has 8 heteroatoms. The van der Waals surface area contributed by atoms with Gasteiger partial charge in [0.25, 0.3) is 0 Å². The van der Waals surface area contributed by atoms with Crippen LogP contribution >= 0.6 is 11.6 Å². The molecule has 4 aromatic rings. The van der Waals surface area contributed by atoms with Crippen LogP contribution in [0.4, 0.5) is 10.5 Å². The second-order valence-corrected chi connectivity index (χ2v) is 9.57. The molecule has 0 atom stereocenters. The first-order valence-corrected chi connectivity index (χ1v) is 11.5. The van der Waals surface area contributed by atoms with Gasteiger partial charge < -0.3 is 15.2 Å². The summed E-state index contributed by atoms with van der Waals surface area (Å²) >= 11 is 6.14. The van der Waals surface area contributed by atoms with E-state index < -0.39 is 17.7 Å². The number of anilines is 1. The number of fused-ring (bicyclic) bond motifs is 1. The van der Waals surface area contributed by atoms with E-state index in [1.165, 1.54) is 4.57 Å². The van der Waals surface area contributed by atoms with Crippen molar-refractivity contribution in [1.82, 2.24) is 9.55 Å². The van der Waals surface area contributed by atoms with Gasteiger partial charge in [0.1, 0.15) is 17.9 Å². The Balaban J connectivity index is 1.65. The molecule has 0 saturated carbocycles. The number of nitrogen functional groups attached to an aromatic ring is 1. The number of hydrogen-bond acceptors (Lipinski definition) is 6. The van der Waals surface area contributed by atoms with Gasteiger partial charge in [0, 0.05) is 39.6 Å². The van der Waals surface area contributed by atoms with E-state index in [1.54, 1.807) is 51.4 Å². The van der Waals surface area contributed by atoms with Crippen molar-refractivity contribution in [3.8, 4) is 11.1 Å². The maximum absolute atomic E-state index is 12.9. The van der Waals surface area contributed by atoms with Gasteiger partial charge >= 0.3 is 12.1 Å². The first kappa shape index (κ1) is 24.3. The number of nitrogens with two attached hydrogens (primary N) is 1. The molecule has 0 amide bonds. The molecule has 7 nitrogen and oxygen atoms in total. The van der Waals surface area contributed by atoms with E-state index in [4.69, 9.17) is 26.8 Å². The van der Waals surface area contributed by atoms with Crippen LogP contribution in [0.5, 0.6) is 0 Å². The Bertz CT molecular complexity index is 1410. The SMILES string of the molecule is CC(C)(C)OC(=O)n1cc(-c2cccc(N)c2)c2cc(CC(=O)OCc3ccccc3Cl)cnc21. The molecule has 0 saturated heterocycles. The molecule has 2 aromatic carbocycles. The summed E-state index contributed by atoms with van der Waals surface area (Å²) in [5, 5.41) is 1.23. The molecule has 0 aliphatic rings. The number of carbonyl (C=O) groups excluding carboxylic acids is 2. The lowest BCUT2D eigenvalue weighted by Crippen LogP contribution is -2.26. The van der Waals surface area contributed by atoms with E-state index in [-0.39, 0.29) is 13.0 Å². The molecule has 180 valence electrons. The predicted octanol–water partition coefficient (Wildman–Crippen LogP) is 6.01. The van der Waals surface area contributed by atoms with Gasteiger partial charge in [0.15, 0.2) is 0 Å². The van der Waals surface area contributed by atoms with Gasteiger partial charge in [-0.1, -0.05) is 41.9 Å². The van der Waals surface area contributed by atoms with Gasteiger partial charge in [-0.15, -0.1) is 0 Å². The third-order valence-electron chi connectivity index (χ3n) is 5.18. The summed E-state index contributed by atoms with van der Waals surface area (Å²) in [6.45, 7) is 5.48. The number of pyridine rings is 1. The van der Waals surface area contributed by atoms with Crippen LogP contribution in [0.25, 0.3) is 22.2 Å². The summed E-state index contributed by atoms with van der Waals surface area (Å²) < 4.78 is 12.3. The first-order chi connectivity index (χ1) is 16.6. The maximum atomic E-state index is 12.9. The number of aromatic nitrogens is 2. The molecule has 2 N–H and O–H groups in total. The Morgan fingerprint density at radius 2 is 1.86 bits per heavy atom. The topological polar surface area (TPSA) is 96.4 Å². The quantitative estimate of drug-likeness (QED) is 0.271. The Morgan fingerprint density at radius 1 is 1.09 bits per heavy atom. The fourth-order valence-corrected chi connectivity index (χ4v) is 3.82. The molecule has 0 aliphatic carbocycles. The Hall–Kier alpha value is -3.84. The molecule has 35 heavy (non-hydrogen) atoms. The zero-order valence-corrected chi connectivity index (χ0v) is 20.5. The number of carbonyl (C=O) groups is 2. The minimum absolute atomic E-state index is 0.0153. The molecule has 0 spiro atoms. The Kier molecular flexibility index (Phi) is 6.80. The zero-order chi connectivity index (χ0) is 25.2. The average molecular weight is 492 g/mol. The van der Waals surface area contributed by atoms with Crippen molar-refractivity contribution in [1.29, 1.82) is 0 Å². The highest BCUT2D eigenvalue weighted by molar-refractivity contribution is 6.31. The highest BCUT2D eigenvalue weighted by Crippen LogP contribution is 2.32. The highest BCUT2D eigenvalue weighted by atomic mass is 35.5. The molecule has 2 aromatic heterocycles. The van der Waals surface area contributed by atoms with Gasteiger partial charge in [-0.3, -0.25) is 4.79 Å². The van der Waals surface area contributed by atoms with Gasteiger partial charge in [-0.05, 0) is 56.2 Å². The van der Waals surface area contributed by atoms with E-state index in [0.29, 0.717) is 27.3 Å². The minimum Gasteiger partial charge on any atom is -0.460 e. The fourth-order valence-electron chi connectivity index (χ4n) is 3.63. The summed E-state index contributed by atoms with van der Waals surface area (Å²) in [5.41, 5.74) is 9.28. The molecule has 0 radical (unpaired) electrons. The fraction of sp³-hybridized carbons (Fsp3) is 0.222. The van der Waals surface area contributed by atoms with Crippen LogP contribution < -0.4 is 5.73 Å². The van der Waals surface area contributed by atoms with E-state index in [1.807, 2.05) is 36.4 Å². The van der Waals surface area contributed by atoms with Gasteiger partial charge in [0.2, 0.25) is 0 Å². The van der Waals surface area contributed by atoms with Crippen LogP contribution in [0.1, 0.15) is 31.9 Å². The van der Waals surface area contributed by atoms with Crippen LogP contribution in [0, 0.1) is 0 Å². The van der Waals surface area contributed by atoms with E-state index in [0.717, 1.165) is 16.7 Å². The minimum atomic E-state index is -0.670. The summed E-state index contributed by atoms with van der Waals surface area (Å²) in [7, 11) is 0. The lowest BCUT2D eigenvalue weighted by Gasteiger charge is -2.19. The second kappa shape index (κ2) is 9.80. The molecule has 0 aliphatic heterocycles. The van der Waals surface area contributed by atoms with Crippen LogP contribution in [-0.4, -0.2) is 27.2 Å². The lowest BCUT2D eigenvalue weighted by atomic mass is 10.0. The van der Waals surface area contributed by atoms with E-state index in [2.05, 4.69) is 4.98 Å². The summed E-state index contributed by atoms with van der Waals surface area (Å²) in [6, 6.07) is 16.4. The van der Waals surface area contributed by atoms with Crippen LogP contribution in [-0.2, 0) is 27.3 Å². The number of halogens is 1. The van der Waals surface area contributed by atoms with Crippen molar-refractivity contribution < 1.29 is 19.1 Å². The van der Waals surface area contributed by atoms with Gasteiger partial charge in [0.05, 0.1) is 6.42 Å². The molecular formula is C27H26ClN3O4. The summed E-state index contributed by atoms with van der Waals surface area (Å²) in [6.07, 6.45) is 2.71. The monoisotopic (exact) mass is 491 g/mol. The Morgan fingerprint density at radius 3 is 2.57 bits per heavy atom. The smallest absolute Gasteiger partial charge is 0.420 e. The molecule has 0 fully saturated rings. The summed E-state index contributed by atoms with van der Waals surface area (Å²) in [5.74, 6) is -0.414. The molecular weight excluding hydrogens is 466 g/mol. The van der Waals surface area contributed by atoms with E-state index in [9.17, 15) is 9.59 Å². The number of esters is 1. The van der Waals surface area contributed by atoms with Crippen LogP contribution in [0.15, 0.2) is 67.0 Å². The normalized spacial score (nSPS) is 11.4. The third kappa shape index (κ3) is 5.81.